The highest BCUT2D eigenvalue weighted by Crippen LogP contribution is 2.33. The van der Waals surface area contributed by atoms with Crippen molar-refractivity contribution < 1.29 is 22.2 Å². The smallest absolute Gasteiger partial charge is 0.367 e. The van der Waals surface area contributed by atoms with E-state index in [1.807, 2.05) is 0 Å². The zero-order chi connectivity index (χ0) is 25.2. The molecule has 3 aromatic rings. The van der Waals surface area contributed by atoms with E-state index in [1.165, 1.54) is 12.3 Å². The Hall–Kier alpha value is -3.47. The highest BCUT2D eigenvalue weighted by Gasteiger charge is 2.32. The van der Waals surface area contributed by atoms with E-state index in [0.29, 0.717) is 36.4 Å². The minimum absolute atomic E-state index is 0.0146. The summed E-state index contributed by atoms with van der Waals surface area (Å²) in [5.74, 6) is -0.268. The summed E-state index contributed by atoms with van der Waals surface area (Å²) in [6.07, 6.45) is 0.228. The Bertz CT molecular complexity index is 1300. The van der Waals surface area contributed by atoms with Crippen LogP contribution in [-0.4, -0.2) is 31.4 Å². The molecule has 1 aliphatic rings. The average Bonchev–Trinajstić information content (AvgIpc) is 2.84. The third kappa shape index (κ3) is 5.61. The molecule has 0 bridgehead atoms. The lowest BCUT2D eigenvalue weighted by molar-refractivity contribution is -0.137. The molecule has 7 nitrogen and oxygen atoms in total. The van der Waals surface area contributed by atoms with Crippen molar-refractivity contribution in [1.29, 1.82) is 4.78 Å². The van der Waals surface area contributed by atoms with E-state index in [1.54, 1.807) is 36.4 Å². The summed E-state index contributed by atoms with van der Waals surface area (Å²) in [5, 5.41) is 2.81. The van der Waals surface area contributed by atoms with E-state index in [2.05, 4.69) is 15.3 Å². The van der Waals surface area contributed by atoms with Crippen LogP contribution < -0.4 is 11.1 Å². The van der Waals surface area contributed by atoms with Gasteiger partial charge in [0, 0.05) is 28.6 Å². The molecule has 1 atom stereocenters. The fraction of sp³-hybridized carbons (Fsp3) is 0.292. The summed E-state index contributed by atoms with van der Waals surface area (Å²) in [6, 6.07) is 12.5. The zero-order valence-electron chi connectivity index (χ0n) is 18.6. The molecule has 1 fully saturated rings. The number of primary amides is 1. The maximum absolute atomic E-state index is 13.4. The number of anilines is 1. The second-order valence-corrected chi connectivity index (χ2v) is 10.8. The highest BCUT2D eigenvalue weighted by molar-refractivity contribution is 7.93. The van der Waals surface area contributed by atoms with Crippen molar-refractivity contribution in [2.75, 3.05) is 5.32 Å². The summed E-state index contributed by atoms with van der Waals surface area (Å²) in [6.45, 7) is 0. The average molecular weight is 504 g/mol. The Morgan fingerprint density at radius 2 is 1.69 bits per heavy atom. The molecule has 2 heterocycles. The number of nitrogens with two attached hydrogens (primary N) is 1. The van der Waals surface area contributed by atoms with Crippen LogP contribution in [0.25, 0.3) is 11.1 Å². The Morgan fingerprint density at radius 3 is 2.26 bits per heavy atom. The number of rotatable bonds is 6. The van der Waals surface area contributed by atoms with E-state index in [0.717, 1.165) is 23.4 Å². The molecule has 0 radical (unpaired) electrons. The molecule has 1 saturated carbocycles. The van der Waals surface area contributed by atoms with Gasteiger partial charge < -0.3 is 11.1 Å². The minimum Gasteiger partial charge on any atom is -0.367 e. The van der Waals surface area contributed by atoms with Crippen LogP contribution in [0.15, 0.2) is 65.8 Å². The van der Waals surface area contributed by atoms with Gasteiger partial charge in [-0.25, -0.2) is 14.0 Å². The molecule has 4 N–H and O–H groups in total. The number of hydrogen-bond acceptors (Lipinski definition) is 6. The Labute approximate surface area is 201 Å². The van der Waals surface area contributed by atoms with Gasteiger partial charge in [0.2, 0.25) is 0 Å². The number of amides is 1. The van der Waals surface area contributed by atoms with E-state index in [9.17, 15) is 22.2 Å². The van der Waals surface area contributed by atoms with Gasteiger partial charge in [-0.3, -0.25) is 9.78 Å². The molecule has 35 heavy (non-hydrogen) atoms. The number of alkyl halides is 3. The van der Waals surface area contributed by atoms with Gasteiger partial charge in [0.1, 0.15) is 11.5 Å². The van der Waals surface area contributed by atoms with Gasteiger partial charge in [-0.05, 0) is 73.2 Å². The lowest BCUT2D eigenvalue weighted by Gasteiger charge is -2.30. The van der Waals surface area contributed by atoms with Crippen LogP contribution in [0.1, 0.15) is 41.7 Å². The van der Waals surface area contributed by atoms with Crippen molar-refractivity contribution in [1.82, 2.24) is 9.97 Å². The zero-order valence-corrected chi connectivity index (χ0v) is 19.4. The molecule has 0 aliphatic heterocycles. The summed E-state index contributed by atoms with van der Waals surface area (Å²) in [7, 11) is -3.06. The van der Waals surface area contributed by atoms with Crippen molar-refractivity contribution >= 4 is 21.5 Å². The number of carbonyl (C=O) groups excluding carboxylic acids is 1. The highest BCUT2D eigenvalue weighted by atomic mass is 32.2. The van der Waals surface area contributed by atoms with Gasteiger partial charge in [0.05, 0.1) is 15.3 Å². The Kier molecular flexibility index (Phi) is 6.79. The number of aromatic nitrogens is 2. The maximum Gasteiger partial charge on any atom is 0.417 e. The summed E-state index contributed by atoms with van der Waals surface area (Å²) >= 11 is 0. The van der Waals surface area contributed by atoms with Crippen molar-refractivity contribution in [3.05, 3.63) is 72.2 Å². The maximum atomic E-state index is 13.4. The normalized spacial score (nSPS) is 20.1. The summed E-state index contributed by atoms with van der Waals surface area (Å²) in [4.78, 5) is 19.6. The number of nitrogens with zero attached hydrogens (tertiary/aromatic N) is 2. The molecule has 2 aromatic heterocycles. The monoisotopic (exact) mass is 503 g/mol. The van der Waals surface area contributed by atoms with E-state index in [-0.39, 0.29) is 17.0 Å². The van der Waals surface area contributed by atoms with Crippen molar-refractivity contribution in [3.63, 3.8) is 0 Å². The molecule has 1 aromatic carbocycles. The van der Waals surface area contributed by atoms with Crippen LogP contribution >= 0.6 is 0 Å². The minimum atomic E-state index is -4.43. The molecule has 4 rings (SSSR count). The number of nitrogens with one attached hydrogen (secondary N) is 2. The first-order valence-corrected chi connectivity index (χ1v) is 12.6. The van der Waals surface area contributed by atoms with Crippen LogP contribution in [-0.2, 0) is 15.9 Å². The predicted molar refractivity (Wildman–Crippen MR) is 126 cm³/mol. The first kappa shape index (κ1) is 24.6. The second-order valence-electron chi connectivity index (χ2n) is 8.47. The first-order valence-electron chi connectivity index (χ1n) is 11.0. The lowest BCUT2D eigenvalue weighted by Crippen LogP contribution is -2.32. The molecule has 0 saturated heterocycles. The van der Waals surface area contributed by atoms with Crippen LogP contribution in [0.4, 0.5) is 19.0 Å². The number of halogens is 3. The number of hydrogen-bond donors (Lipinski definition) is 3. The third-order valence-electron chi connectivity index (χ3n) is 6.14. The molecule has 184 valence electrons. The first-order chi connectivity index (χ1) is 16.5. The van der Waals surface area contributed by atoms with Crippen molar-refractivity contribution in [2.45, 2.75) is 48.0 Å². The second kappa shape index (κ2) is 9.65. The lowest BCUT2D eigenvalue weighted by atomic mass is 9.95. The summed E-state index contributed by atoms with van der Waals surface area (Å²) in [5.41, 5.74) is 6.15. The molecule has 1 unspecified atom stereocenters. The molecule has 11 heteroatoms. The van der Waals surface area contributed by atoms with Gasteiger partial charge in [-0.2, -0.15) is 13.2 Å². The van der Waals surface area contributed by atoms with Crippen molar-refractivity contribution in [2.24, 2.45) is 5.73 Å². The number of benzene rings is 1. The standard InChI is InChI=1S/C24H24F3N5O2S/c25-24(26,27)17-3-10-22(31-14-17)32-18-4-8-20(9-5-18)35(29,34)19-6-1-15(2-7-19)16-11-12-30-21(13-16)23(28)33/h1-3,6-7,10-14,18,20,29H,4-5,8-9H2,(H2,28,33)(H,31,32). The quantitative estimate of drug-likeness (QED) is 0.433. The van der Waals surface area contributed by atoms with Gasteiger partial charge in [-0.1, -0.05) is 12.1 Å². The summed E-state index contributed by atoms with van der Waals surface area (Å²) < 4.78 is 60.1. The predicted octanol–water partition coefficient (Wildman–Crippen LogP) is 5.09. The Balaban J connectivity index is 1.39. The SMILES string of the molecule is N=S(=O)(c1ccc(-c2ccnc(C(N)=O)c2)cc1)C1CCC(Nc2ccc(C(F)(F)F)cn2)CC1. The number of carbonyl (C=O) groups is 1. The van der Waals surface area contributed by atoms with Gasteiger partial charge >= 0.3 is 6.18 Å². The van der Waals surface area contributed by atoms with Crippen LogP contribution in [0.3, 0.4) is 0 Å². The van der Waals surface area contributed by atoms with E-state index < -0.39 is 27.4 Å². The molecular formula is C24H24F3N5O2S. The van der Waals surface area contributed by atoms with Crippen molar-refractivity contribution in [3.8, 4) is 11.1 Å². The molecule has 1 aliphatic carbocycles. The van der Waals surface area contributed by atoms with E-state index >= 15 is 0 Å². The topological polar surface area (TPSA) is 122 Å². The largest absolute Gasteiger partial charge is 0.417 e. The van der Waals surface area contributed by atoms with Crippen LogP contribution in [0.5, 0.6) is 0 Å². The van der Waals surface area contributed by atoms with Gasteiger partial charge in [-0.15, -0.1) is 0 Å². The molecule has 0 spiro atoms. The Morgan fingerprint density at radius 1 is 1.00 bits per heavy atom. The van der Waals surface area contributed by atoms with Gasteiger partial charge in [0.15, 0.2) is 0 Å². The number of pyridine rings is 2. The fourth-order valence-corrected chi connectivity index (χ4v) is 6.04. The fourth-order valence-electron chi connectivity index (χ4n) is 4.18. The van der Waals surface area contributed by atoms with Crippen LogP contribution in [0, 0.1) is 4.78 Å². The van der Waals surface area contributed by atoms with Crippen LogP contribution in [0.2, 0.25) is 0 Å². The van der Waals surface area contributed by atoms with Gasteiger partial charge in [0.25, 0.3) is 5.91 Å². The van der Waals surface area contributed by atoms with E-state index in [4.69, 9.17) is 10.5 Å². The molecule has 1 amide bonds. The third-order valence-corrected chi connectivity index (χ3v) is 8.52. The molecular weight excluding hydrogens is 479 g/mol.